The third kappa shape index (κ3) is 4.35. The fourth-order valence-corrected chi connectivity index (χ4v) is 3.67. The Morgan fingerprint density at radius 3 is 2.14 bits per heavy atom. The van der Waals surface area contributed by atoms with Crippen LogP contribution in [-0.2, 0) is 0 Å². The quantitative estimate of drug-likeness (QED) is 0.471. The Balaban J connectivity index is 0.00000225. The van der Waals surface area contributed by atoms with Crippen molar-refractivity contribution in [1.29, 1.82) is 0 Å². The predicted molar refractivity (Wildman–Crippen MR) is 111 cm³/mol. The molecule has 6 heteroatoms. The van der Waals surface area contributed by atoms with E-state index in [-0.39, 0.29) is 17.0 Å². The number of aromatic nitrogens is 1. The average molecular weight is 453 g/mol. The van der Waals surface area contributed by atoms with Crippen LogP contribution in [0.2, 0.25) is 0 Å². The molecule has 0 saturated carbocycles. The van der Waals surface area contributed by atoms with Crippen LogP contribution < -0.4 is 31.9 Å². The molecule has 4 nitrogen and oxygen atoms in total. The highest BCUT2D eigenvalue weighted by Gasteiger charge is 2.10. The number of halogens is 1. The minimum atomic E-state index is 0. The van der Waals surface area contributed by atoms with Crippen LogP contribution in [0.5, 0.6) is 5.75 Å². The molecule has 0 fully saturated rings. The molecule has 0 aliphatic heterocycles. The number of hydrogen-bond donors (Lipinski definition) is 1. The summed E-state index contributed by atoms with van der Waals surface area (Å²) in [6.45, 7) is 0. The Morgan fingerprint density at radius 2 is 1.50 bits per heavy atom. The first kappa shape index (κ1) is 19.9. The standard InChI is InChI=1S/C22H19N3OS.BrH/c1-26-20-14-12-17(13-15-20)21-16-27-22(24-23-18-8-4-2-5-9-18)25(21)19-10-6-3-7-11-19;/h2-16,23H,1H3;1H/p-1/b24-22-;. The lowest BCUT2D eigenvalue weighted by Gasteiger charge is -2.10. The van der Waals surface area contributed by atoms with Gasteiger partial charge in [-0.05, 0) is 54.1 Å². The third-order valence-electron chi connectivity index (χ3n) is 4.16. The SMILES string of the molecule is COc1ccc(-c2cs/c(=N\Nc3ccccc3)n2-c2ccccc2)cc1.[Br-]. The van der Waals surface area contributed by atoms with Crippen LogP contribution in [-0.4, -0.2) is 11.7 Å². The number of hydrogen-bond acceptors (Lipinski definition) is 4. The van der Waals surface area contributed by atoms with E-state index >= 15 is 0 Å². The van der Waals surface area contributed by atoms with E-state index in [2.05, 4.69) is 44.7 Å². The summed E-state index contributed by atoms with van der Waals surface area (Å²) in [5.41, 5.74) is 7.37. The molecule has 1 N–H and O–H groups in total. The molecule has 0 aliphatic rings. The zero-order valence-electron chi connectivity index (χ0n) is 15.2. The predicted octanol–water partition coefficient (Wildman–Crippen LogP) is 2.15. The van der Waals surface area contributed by atoms with E-state index in [9.17, 15) is 0 Å². The third-order valence-corrected chi connectivity index (χ3v) is 4.99. The number of nitrogens with zero attached hydrogens (tertiary/aromatic N) is 2. The van der Waals surface area contributed by atoms with E-state index in [4.69, 9.17) is 4.74 Å². The zero-order valence-corrected chi connectivity index (χ0v) is 17.7. The van der Waals surface area contributed by atoms with E-state index in [1.807, 2.05) is 60.7 Å². The maximum absolute atomic E-state index is 5.28. The lowest BCUT2D eigenvalue weighted by Crippen LogP contribution is -3.00. The van der Waals surface area contributed by atoms with Crippen molar-refractivity contribution in [3.63, 3.8) is 0 Å². The first-order valence-corrected chi connectivity index (χ1v) is 9.48. The molecule has 1 aromatic heterocycles. The van der Waals surface area contributed by atoms with Crippen LogP contribution in [0, 0.1) is 0 Å². The topological polar surface area (TPSA) is 38.5 Å². The summed E-state index contributed by atoms with van der Waals surface area (Å²) < 4.78 is 7.44. The van der Waals surface area contributed by atoms with E-state index in [0.29, 0.717) is 0 Å². The van der Waals surface area contributed by atoms with Gasteiger partial charge in [0.2, 0.25) is 4.80 Å². The minimum absolute atomic E-state index is 0. The van der Waals surface area contributed by atoms with Crippen LogP contribution in [0.1, 0.15) is 0 Å². The Kier molecular flexibility index (Phi) is 6.68. The van der Waals surface area contributed by atoms with E-state index in [1.165, 1.54) is 0 Å². The van der Waals surface area contributed by atoms with Gasteiger partial charge in [0.15, 0.2) is 0 Å². The Bertz CT molecular complexity index is 1070. The molecule has 0 amide bonds. The summed E-state index contributed by atoms with van der Waals surface area (Å²) in [5, 5.41) is 6.76. The monoisotopic (exact) mass is 452 g/mol. The highest BCUT2D eigenvalue weighted by molar-refractivity contribution is 7.07. The molecule has 0 atom stereocenters. The van der Waals surface area contributed by atoms with Crippen molar-refractivity contribution >= 4 is 17.0 Å². The van der Waals surface area contributed by atoms with Gasteiger partial charge in [0.1, 0.15) is 5.75 Å². The van der Waals surface area contributed by atoms with Gasteiger partial charge in [-0.15, -0.1) is 16.4 Å². The second-order valence-corrected chi connectivity index (χ2v) is 6.73. The van der Waals surface area contributed by atoms with E-state index in [0.717, 1.165) is 33.2 Å². The summed E-state index contributed by atoms with van der Waals surface area (Å²) in [4.78, 5) is 0.871. The molecule has 0 unspecified atom stereocenters. The number of thiazole rings is 1. The Morgan fingerprint density at radius 1 is 0.857 bits per heavy atom. The van der Waals surface area contributed by atoms with Gasteiger partial charge in [-0.25, -0.2) is 0 Å². The Labute approximate surface area is 178 Å². The van der Waals surface area contributed by atoms with Crippen molar-refractivity contribution in [1.82, 2.24) is 4.57 Å². The molecule has 0 bridgehead atoms. The number of benzene rings is 3. The summed E-state index contributed by atoms with van der Waals surface area (Å²) in [5.74, 6) is 0.843. The van der Waals surface area contributed by atoms with E-state index < -0.39 is 0 Å². The van der Waals surface area contributed by atoms with Crippen molar-refractivity contribution in [2.24, 2.45) is 5.10 Å². The summed E-state index contributed by atoms with van der Waals surface area (Å²) in [6, 6.07) is 28.3. The summed E-state index contributed by atoms with van der Waals surface area (Å²) >= 11 is 1.60. The van der Waals surface area contributed by atoms with Crippen LogP contribution >= 0.6 is 11.3 Å². The smallest absolute Gasteiger partial charge is 0.213 e. The maximum Gasteiger partial charge on any atom is 0.213 e. The summed E-state index contributed by atoms with van der Waals surface area (Å²) in [7, 11) is 1.68. The van der Waals surface area contributed by atoms with Crippen molar-refractivity contribution in [2.45, 2.75) is 0 Å². The van der Waals surface area contributed by atoms with Gasteiger partial charge in [0.25, 0.3) is 0 Å². The van der Waals surface area contributed by atoms with Crippen LogP contribution in [0.4, 0.5) is 5.69 Å². The molecular formula is C22H19BrN3OS-. The lowest BCUT2D eigenvalue weighted by molar-refractivity contribution is -0.00000558. The van der Waals surface area contributed by atoms with Crippen molar-refractivity contribution in [2.75, 3.05) is 12.5 Å². The van der Waals surface area contributed by atoms with Gasteiger partial charge in [-0.2, -0.15) is 0 Å². The molecule has 0 spiro atoms. The molecule has 3 aromatic carbocycles. The molecule has 28 heavy (non-hydrogen) atoms. The largest absolute Gasteiger partial charge is 1.00 e. The van der Waals surface area contributed by atoms with Crippen LogP contribution in [0.3, 0.4) is 0 Å². The van der Waals surface area contributed by atoms with Crippen LogP contribution in [0.25, 0.3) is 16.9 Å². The molecule has 0 radical (unpaired) electrons. The number of para-hydroxylation sites is 2. The molecule has 4 rings (SSSR count). The number of nitrogens with one attached hydrogen (secondary N) is 1. The molecule has 4 aromatic rings. The van der Waals surface area contributed by atoms with Gasteiger partial charge in [-0.1, -0.05) is 36.4 Å². The molecular weight excluding hydrogens is 434 g/mol. The van der Waals surface area contributed by atoms with E-state index in [1.54, 1.807) is 18.4 Å². The van der Waals surface area contributed by atoms with Crippen molar-refractivity contribution in [3.05, 3.63) is 95.1 Å². The second kappa shape index (κ2) is 9.39. The lowest BCUT2D eigenvalue weighted by atomic mass is 10.1. The normalized spacial score (nSPS) is 11.0. The number of rotatable bonds is 5. The highest BCUT2D eigenvalue weighted by Crippen LogP contribution is 2.25. The minimum Gasteiger partial charge on any atom is -1.00 e. The second-order valence-electron chi connectivity index (χ2n) is 5.89. The molecule has 0 aliphatic carbocycles. The highest BCUT2D eigenvalue weighted by atomic mass is 79.9. The molecule has 1 heterocycles. The van der Waals surface area contributed by atoms with Gasteiger partial charge < -0.3 is 21.7 Å². The van der Waals surface area contributed by atoms with Gasteiger partial charge in [-0.3, -0.25) is 9.99 Å². The average Bonchev–Trinajstić information content (AvgIpc) is 3.17. The maximum atomic E-state index is 5.28. The first-order valence-electron chi connectivity index (χ1n) is 8.60. The summed E-state index contributed by atoms with van der Waals surface area (Å²) in [6.07, 6.45) is 0. The van der Waals surface area contributed by atoms with Crippen molar-refractivity contribution in [3.8, 4) is 22.7 Å². The number of methoxy groups -OCH3 is 1. The van der Waals surface area contributed by atoms with Crippen molar-refractivity contribution < 1.29 is 21.7 Å². The number of ether oxygens (including phenoxy) is 1. The first-order chi connectivity index (χ1) is 13.3. The Hall–Kier alpha value is -2.83. The molecule has 142 valence electrons. The van der Waals surface area contributed by atoms with Gasteiger partial charge in [0.05, 0.1) is 18.5 Å². The van der Waals surface area contributed by atoms with Gasteiger partial charge in [0, 0.05) is 11.1 Å². The fourth-order valence-electron chi connectivity index (χ4n) is 2.80. The zero-order chi connectivity index (χ0) is 18.5. The van der Waals surface area contributed by atoms with Crippen LogP contribution in [0.15, 0.2) is 95.4 Å². The molecule has 0 saturated heterocycles. The fraction of sp³-hybridized carbons (Fsp3) is 0.0455. The number of anilines is 1. The van der Waals surface area contributed by atoms with Gasteiger partial charge >= 0.3 is 0 Å².